The Morgan fingerprint density at radius 1 is 1.35 bits per heavy atom. The van der Waals surface area contributed by atoms with E-state index in [1.54, 1.807) is 24.3 Å². The van der Waals surface area contributed by atoms with Gasteiger partial charge in [0.2, 0.25) is 11.1 Å². The minimum Gasteiger partial charge on any atom is -0.325 e. The number of nitriles is 1. The van der Waals surface area contributed by atoms with Gasteiger partial charge in [0.25, 0.3) is 0 Å². The molecule has 0 radical (unpaired) electrons. The van der Waals surface area contributed by atoms with Crippen LogP contribution in [0.2, 0.25) is 5.02 Å². The van der Waals surface area contributed by atoms with Gasteiger partial charge in [-0.1, -0.05) is 35.5 Å². The van der Waals surface area contributed by atoms with Gasteiger partial charge in [0, 0.05) is 5.69 Å². The Morgan fingerprint density at radius 3 is 2.88 bits per heavy atom. The summed E-state index contributed by atoms with van der Waals surface area (Å²) in [7, 11) is 0. The maximum atomic E-state index is 13.7. The lowest BCUT2D eigenvalue weighted by atomic mass is 10.2. The summed E-state index contributed by atoms with van der Waals surface area (Å²) in [6.45, 7) is 0. The number of amides is 1. The number of carbonyl (C=O) groups is 1. The second kappa shape index (κ2) is 7.99. The van der Waals surface area contributed by atoms with E-state index < -0.39 is 5.82 Å². The van der Waals surface area contributed by atoms with Crippen LogP contribution in [0.25, 0.3) is 11.4 Å². The molecule has 1 aromatic heterocycles. The number of carbonyl (C=O) groups excluding carboxylic acids is 1. The predicted octanol–water partition coefficient (Wildman–Crippen LogP) is 3.87. The number of thioether (sulfide) groups is 1. The summed E-state index contributed by atoms with van der Waals surface area (Å²) >= 11 is 7.03. The topological polar surface area (TPSA) is 94.5 Å². The minimum atomic E-state index is -0.407. The smallest absolute Gasteiger partial charge is 0.234 e. The Kier molecular flexibility index (Phi) is 5.51. The van der Waals surface area contributed by atoms with E-state index in [9.17, 15) is 9.18 Å². The van der Waals surface area contributed by atoms with Crippen molar-refractivity contribution in [1.29, 1.82) is 5.26 Å². The molecule has 1 heterocycles. The molecular weight excluding hydrogens is 377 g/mol. The summed E-state index contributed by atoms with van der Waals surface area (Å²) in [4.78, 5) is 16.2. The van der Waals surface area contributed by atoms with Crippen LogP contribution in [-0.4, -0.2) is 26.8 Å². The number of aromatic nitrogens is 3. The number of benzene rings is 2. The first-order chi connectivity index (χ1) is 12.6. The largest absolute Gasteiger partial charge is 0.325 e. The van der Waals surface area contributed by atoms with Crippen molar-refractivity contribution in [2.45, 2.75) is 5.16 Å². The van der Waals surface area contributed by atoms with Crippen molar-refractivity contribution in [3.8, 4) is 17.5 Å². The monoisotopic (exact) mass is 387 g/mol. The fourth-order valence-corrected chi connectivity index (χ4v) is 2.92. The summed E-state index contributed by atoms with van der Waals surface area (Å²) < 4.78 is 13.7. The summed E-state index contributed by atoms with van der Waals surface area (Å²) in [6, 6.07) is 12.8. The molecule has 0 fully saturated rings. The summed E-state index contributed by atoms with van der Waals surface area (Å²) in [6.07, 6.45) is 0. The van der Waals surface area contributed by atoms with Crippen LogP contribution in [0, 0.1) is 17.1 Å². The second-order valence-electron chi connectivity index (χ2n) is 5.09. The van der Waals surface area contributed by atoms with Crippen molar-refractivity contribution in [2.75, 3.05) is 11.1 Å². The summed E-state index contributed by atoms with van der Waals surface area (Å²) in [5, 5.41) is 18.7. The van der Waals surface area contributed by atoms with Crippen molar-refractivity contribution in [3.63, 3.8) is 0 Å². The highest BCUT2D eigenvalue weighted by molar-refractivity contribution is 7.99. The Morgan fingerprint density at radius 2 is 2.15 bits per heavy atom. The van der Waals surface area contributed by atoms with Crippen molar-refractivity contribution in [1.82, 2.24) is 15.2 Å². The molecule has 0 saturated carbocycles. The molecule has 3 rings (SSSR count). The fraction of sp³-hybridized carbons (Fsp3) is 0.0588. The number of hydrogen-bond donors (Lipinski definition) is 2. The quantitative estimate of drug-likeness (QED) is 0.648. The maximum Gasteiger partial charge on any atom is 0.234 e. The SMILES string of the molecule is N#Cc1ccc(NC(=O)CSc2n[nH]c(-c3ccccc3F)n2)cc1Cl. The molecule has 3 aromatic rings. The molecular formula is C17H11ClFN5OS. The van der Waals surface area contributed by atoms with E-state index in [0.29, 0.717) is 27.8 Å². The highest BCUT2D eigenvalue weighted by Crippen LogP contribution is 2.23. The minimum absolute atomic E-state index is 0.0617. The van der Waals surface area contributed by atoms with Gasteiger partial charge in [0.1, 0.15) is 11.9 Å². The van der Waals surface area contributed by atoms with E-state index >= 15 is 0 Å². The fourth-order valence-electron chi connectivity index (χ4n) is 2.10. The van der Waals surface area contributed by atoms with E-state index in [0.717, 1.165) is 11.8 Å². The average Bonchev–Trinajstić information content (AvgIpc) is 3.09. The standard InChI is InChI=1S/C17H11ClFN5OS/c18-13-7-11(6-5-10(13)8-20)21-15(25)9-26-17-22-16(23-24-17)12-3-1-2-4-14(12)19/h1-7H,9H2,(H,21,25)(H,22,23,24). The van der Waals surface area contributed by atoms with Crippen LogP contribution in [0.3, 0.4) is 0 Å². The molecule has 0 atom stereocenters. The van der Waals surface area contributed by atoms with Gasteiger partial charge in [-0.05, 0) is 30.3 Å². The Labute approximate surface area is 157 Å². The van der Waals surface area contributed by atoms with Crippen molar-refractivity contribution in [2.24, 2.45) is 0 Å². The van der Waals surface area contributed by atoms with E-state index in [2.05, 4.69) is 20.5 Å². The zero-order chi connectivity index (χ0) is 18.5. The number of halogens is 2. The lowest BCUT2D eigenvalue weighted by Crippen LogP contribution is -2.14. The molecule has 0 aliphatic heterocycles. The number of hydrogen-bond acceptors (Lipinski definition) is 5. The zero-order valence-corrected chi connectivity index (χ0v) is 14.7. The average molecular weight is 388 g/mol. The highest BCUT2D eigenvalue weighted by Gasteiger charge is 2.12. The van der Waals surface area contributed by atoms with E-state index in [4.69, 9.17) is 16.9 Å². The summed E-state index contributed by atoms with van der Waals surface area (Å²) in [5.41, 5.74) is 1.13. The molecule has 26 heavy (non-hydrogen) atoms. The molecule has 0 spiro atoms. The van der Waals surface area contributed by atoms with Crippen LogP contribution < -0.4 is 5.32 Å². The highest BCUT2D eigenvalue weighted by atomic mass is 35.5. The molecule has 6 nitrogen and oxygen atoms in total. The number of H-pyrrole nitrogens is 1. The predicted molar refractivity (Wildman–Crippen MR) is 97.3 cm³/mol. The Balaban J connectivity index is 1.59. The van der Waals surface area contributed by atoms with Crippen molar-refractivity contribution >= 4 is 35.0 Å². The molecule has 0 aliphatic carbocycles. The van der Waals surface area contributed by atoms with Crippen LogP contribution in [0.5, 0.6) is 0 Å². The number of anilines is 1. The molecule has 0 aliphatic rings. The van der Waals surface area contributed by atoms with Crippen LogP contribution in [0.15, 0.2) is 47.6 Å². The van der Waals surface area contributed by atoms with Gasteiger partial charge in [-0.15, -0.1) is 5.10 Å². The normalized spacial score (nSPS) is 10.3. The van der Waals surface area contributed by atoms with Gasteiger partial charge in [0.05, 0.1) is 21.9 Å². The molecule has 9 heteroatoms. The van der Waals surface area contributed by atoms with Crippen LogP contribution in [0.4, 0.5) is 10.1 Å². The second-order valence-corrected chi connectivity index (χ2v) is 6.44. The van der Waals surface area contributed by atoms with Crippen molar-refractivity contribution in [3.05, 3.63) is 58.9 Å². The Bertz CT molecular complexity index is 1000. The lowest BCUT2D eigenvalue weighted by Gasteiger charge is -2.05. The van der Waals surface area contributed by atoms with E-state index in [-0.39, 0.29) is 16.7 Å². The Hall–Kier alpha value is -2.89. The van der Waals surface area contributed by atoms with Crippen molar-refractivity contribution < 1.29 is 9.18 Å². The first kappa shape index (κ1) is 17.9. The third-order valence-electron chi connectivity index (χ3n) is 3.30. The third-order valence-corrected chi connectivity index (χ3v) is 4.46. The molecule has 0 saturated heterocycles. The van der Waals surface area contributed by atoms with Gasteiger partial charge in [-0.2, -0.15) is 5.26 Å². The van der Waals surface area contributed by atoms with Gasteiger partial charge >= 0.3 is 0 Å². The molecule has 1 amide bonds. The number of aromatic amines is 1. The van der Waals surface area contributed by atoms with Gasteiger partial charge < -0.3 is 5.32 Å². The zero-order valence-electron chi connectivity index (χ0n) is 13.2. The number of nitrogens with zero attached hydrogens (tertiary/aromatic N) is 3. The van der Waals surface area contributed by atoms with E-state index in [1.807, 2.05) is 6.07 Å². The molecule has 0 unspecified atom stereocenters. The number of rotatable bonds is 5. The maximum absolute atomic E-state index is 13.7. The first-order valence-electron chi connectivity index (χ1n) is 7.36. The van der Waals surface area contributed by atoms with Gasteiger partial charge in [-0.25, -0.2) is 9.37 Å². The van der Waals surface area contributed by atoms with E-state index in [1.165, 1.54) is 18.2 Å². The first-order valence-corrected chi connectivity index (χ1v) is 8.73. The number of nitrogens with one attached hydrogen (secondary N) is 2. The van der Waals surface area contributed by atoms with Gasteiger partial charge in [-0.3, -0.25) is 9.89 Å². The van der Waals surface area contributed by atoms with Crippen LogP contribution in [0.1, 0.15) is 5.56 Å². The molecule has 130 valence electrons. The molecule has 2 N–H and O–H groups in total. The van der Waals surface area contributed by atoms with Crippen LogP contribution in [-0.2, 0) is 4.79 Å². The summed E-state index contributed by atoms with van der Waals surface area (Å²) in [5.74, 6) is -0.333. The van der Waals surface area contributed by atoms with Crippen LogP contribution >= 0.6 is 23.4 Å². The lowest BCUT2D eigenvalue weighted by molar-refractivity contribution is -0.113. The molecule has 0 bridgehead atoms. The third kappa shape index (κ3) is 4.20. The van der Waals surface area contributed by atoms with Gasteiger partial charge in [0.15, 0.2) is 5.82 Å². The molecule has 2 aromatic carbocycles.